The number of carbonyl (C=O) groups excluding carboxylic acids is 1. The van der Waals surface area contributed by atoms with Crippen LogP contribution in [0.4, 0.5) is 0 Å². The highest BCUT2D eigenvalue weighted by Crippen LogP contribution is 2.37. The van der Waals surface area contributed by atoms with E-state index in [1.807, 2.05) is 25.1 Å². The Bertz CT molecular complexity index is 2140. The fourth-order valence-corrected chi connectivity index (χ4v) is 6.87. The molecule has 0 aliphatic carbocycles. The number of carbonyl (C=O) groups is 1. The largest absolute Gasteiger partial charge is 0.508 e. The molecule has 14 nitrogen and oxygen atoms in total. The molecule has 256 valence electrons. The molecule has 4 aromatic carbocycles. The number of phenols is 1. The Balaban J connectivity index is 0.000000211. The number of nitrogens with zero attached hydrogens (tertiary/aromatic N) is 3. The number of ketones is 1. The van der Waals surface area contributed by atoms with Gasteiger partial charge >= 0.3 is 20.6 Å². The number of halogens is 2. The van der Waals surface area contributed by atoms with Gasteiger partial charge in [-0.15, -0.1) is 0 Å². The van der Waals surface area contributed by atoms with Gasteiger partial charge in [-0.25, -0.2) is 9.67 Å². The van der Waals surface area contributed by atoms with Gasteiger partial charge in [0.25, 0.3) is 0 Å². The Hall–Kier alpha value is -4.33. The van der Waals surface area contributed by atoms with E-state index in [1.165, 1.54) is 24.8 Å². The number of Topliss-reactive ketones (excluding diaryl/α,β-unsaturated/α-hetero) is 1. The Kier molecular flexibility index (Phi) is 10.8. The predicted molar refractivity (Wildman–Crippen MR) is 185 cm³/mol. The molecular weight excluding hydrogens is 810 g/mol. The lowest BCUT2D eigenvalue weighted by molar-refractivity contribution is 0.0850. The molecule has 0 saturated heterocycles. The highest BCUT2D eigenvalue weighted by molar-refractivity contribution is 9.11. The van der Waals surface area contributed by atoms with Gasteiger partial charge in [0.15, 0.2) is 17.3 Å². The predicted octanol–water partition coefficient (Wildman–Crippen LogP) is 5.01. The first-order valence-electron chi connectivity index (χ1n) is 14.0. The number of ether oxygens (including phenoxy) is 1. The zero-order valence-corrected chi connectivity index (χ0v) is 30.1. The van der Waals surface area contributed by atoms with Crippen LogP contribution in [0.25, 0.3) is 0 Å². The van der Waals surface area contributed by atoms with Crippen LogP contribution >= 0.6 is 31.9 Å². The highest BCUT2D eigenvalue weighted by Gasteiger charge is 2.27. The van der Waals surface area contributed by atoms with E-state index in [2.05, 4.69) is 41.9 Å². The van der Waals surface area contributed by atoms with Crippen LogP contribution in [-0.2, 0) is 20.6 Å². The van der Waals surface area contributed by atoms with Crippen molar-refractivity contribution >= 4 is 58.3 Å². The van der Waals surface area contributed by atoms with Gasteiger partial charge in [-0.3, -0.25) is 4.79 Å². The van der Waals surface area contributed by atoms with Crippen molar-refractivity contribution in [2.75, 3.05) is 0 Å². The molecule has 49 heavy (non-hydrogen) atoms. The number of fused-ring (bicyclic) bond motifs is 1. The van der Waals surface area contributed by atoms with E-state index in [0.29, 0.717) is 37.8 Å². The quantitative estimate of drug-likeness (QED) is 0.189. The topological polar surface area (TPSA) is 216 Å². The zero-order chi connectivity index (χ0) is 35.5. The number of hydrogen-bond acceptors (Lipinski definition) is 11. The van der Waals surface area contributed by atoms with E-state index in [0.717, 1.165) is 11.1 Å². The van der Waals surface area contributed by atoms with Crippen LogP contribution in [0.3, 0.4) is 0 Å². The van der Waals surface area contributed by atoms with Gasteiger partial charge in [-0.05, 0) is 110 Å². The van der Waals surface area contributed by atoms with Gasteiger partial charge in [-0.2, -0.15) is 32.2 Å². The maximum absolute atomic E-state index is 12.1. The van der Waals surface area contributed by atoms with Gasteiger partial charge in [0.2, 0.25) is 0 Å². The average Bonchev–Trinajstić information content (AvgIpc) is 3.54. The fraction of sp³-hybridized carbons (Fsp3) is 0.129. The van der Waals surface area contributed by atoms with E-state index < -0.39 is 26.7 Å². The van der Waals surface area contributed by atoms with E-state index in [9.17, 15) is 26.7 Å². The summed E-state index contributed by atoms with van der Waals surface area (Å²) in [5.74, 6) is 0.976. The minimum Gasteiger partial charge on any atom is -0.508 e. The van der Waals surface area contributed by atoms with Crippen LogP contribution < -0.4 is 23.4 Å². The maximum Gasteiger partial charge on any atom is 0.380 e. The number of aromatic hydroxyl groups is 1. The second kappa shape index (κ2) is 14.7. The lowest BCUT2D eigenvalue weighted by Gasteiger charge is -2.25. The van der Waals surface area contributed by atoms with Crippen LogP contribution in [0.5, 0.6) is 23.0 Å². The maximum atomic E-state index is 12.1. The Labute approximate surface area is 298 Å². The third-order valence-corrected chi connectivity index (χ3v) is 9.06. The van der Waals surface area contributed by atoms with Crippen molar-refractivity contribution in [3.8, 4) is 23.0 Å². The summed E-state index contributed by atoms with van der Waals surface area (Å²) >= 11 is 6.53. The first-order chi connectivity index (χ1) is 23.1. The van der Waals surface area contributed by atoms with Crippen LogP contribution in [0.15, 0.2) is 100 Å². The summed E-state index contributed by atoms with van der Waals surface area (Å²) < 4.78 is 62.4. The smallest absolute Gasteiger partial charge is 0.380 e. The first-order valence-corrected chi connectivity index (χ1v) is 18.6. The SMILES string of the molecule is Cc1ccc2c(c1)OC(c1ccc(O)cc1)CC2=O.NS(=O)(=O)Oc1ccc(C(c2ccc(OS(N)(=O)=O)c(Br)c2)n2cncn2)cc1Br. The summed E-state index contributed by atoms with van der Waals surface area (Å²) in [5.41, 5.74) is 3.99. The molecule has 18 heteroatoms. The minimum atomic E-state index is -4.19. The number of aryl methyl sites for hydroxylation is 1. The Morgan fingerprint density at radius 1 is 0.878 bits per heavy atom. The summed E-state index contributed by atoms with van der Waals surface area (Å²) in [6.45, 7) is 1.97. The molecule has 2 heterocycles. The molecule has 1 aliphatic rings. The molecule has 6 rings (SSSR count). The summed E-state index contributed by atoms with van der Waals surface area (Å²) in [4.78, 5) is 16.1. The minimum absolute atomic E-state index is 0.0108. The summed E-state index contributed by atoms with van der Waals surface area (Å²) in [6.07, 6.45) is 2.91. The molecule has 1 unspecified atom stereocenters. The number of hydrogen-bond donors (Lipinski definition) is 3. The monoisotopic (exact) mass is 835 g/mol. The average molecular weight is 838 g/mol. The van der Waals surface area contributed by atoms with Crippen molar-refractivity contribution in [1.29, 1.82) is 0 Å². The van der Waals surface area contributed by atoms with Gasteiger partial charge in [0.1, 0.15) is 36.3 Å². The van der Waals surface area contributed by atoms with Crippen molar-refractivity contribution < 1.29 is 39.8 Å². The van der Waals surface area contributed by atoms with E-state index in [-0.39, 0.29) is 29.1 Å². The van der Waals surface area contributed by atoms with Crippen molar-refractivity contribution in [2.24, 2.45) is 10.3 Å². The van der Waals surface area contributed by atoms with E-state index >= 15 is 0 Å². The molecule has 0 radical (unpaired) electrons. The van der Waals surface area contributed by atoms with Crippen molar-refractivity contribution in [3.63, 3.8) is 0 Å². The van der Waals surface area contributed by atoms with Gasteiger partial charge in [0.05, 0.1) is 20.9 Å². The Morgan fingerprint density at radius 3 is 1.94 bits per heavy atom. The summed E-state index contributed by atoms with van der Waals surface area (Å²) in [6, 6.07) is 21.3. The van der Waals surface area contributed by atoms with E-state index in [4.69, 9.17) is 23.4 Å². The third-order valence-electron chi connectivity index (χ3n) is 7.00. The number of nitrogens with two attached hydrogens (primary N) is 2. The second-order valence-corrected chi connectivity index (χ2v) is 14.6. The Morgan fingerprint density at radius 2 is 1.45 bits per heavy atom. The molecule has 5 N–H and O–H groups in total. The lowest BCUT2D eigenvalue weighted by Crippen LogP contribution is -2.20. The van der Waals surface area contributed by atoms with Crippen molar-refractivity contribution in [2.45, 2.75) is 25.5 Å². The number of benzene rings is 4. The molecule has 0 fully saturated rings. The van der Waals surface area contributed by atoms with E-state index in [1.54, 1.807) is 53.2 Å². The van der Waals surface area contributed by atoms with Crippen molar-refractivity contribution in [1.82, 2.24) is 14.8 Å². The van der Waals surface area contributed by atoms with Crippen LogP contribution in [-0.4, -0.2) is 42.5 Å². The lowest BCUT2D eigenvalue weighted by atomic mass is 9.95. The van der Waals surface area contributed by atoms with Gasteiger partial charge in [0, 0.05) is 0 Å². The second-order valence-electron chi connectivity index (χ2n) is 10.6. The molecule has 0 amide bonds. The standard InChI is InChI=1S/C16H14O3.C15H13Br2N5O6S2/c1-10-2-7-13-14(18)9-15(19-16(13)8-10)11-3-5-12(17)6-4-11;16-11-5-9(1-3-13(11)27-29(18,23)24)15(22-8-20-7-21-22)10-2-4-14(12(17)6-10)28-30(19,25)26/h2-8,15,17H,9H2,1H3;1-8,15H,(H2,18,23,24)(H2,19,25,26). The van der Waals surface area contributed by atoms with Gasteiger partial charge in [-0.1, -0.05) is 30.3 Å². The molecule has 1 atom stereocenters. The zero-order valence-electron chi connectivity index (χ0n) is 25.3. The molecule has 5 aromatic rings. The summed E-state index contributed by atoms with van der Waals surface area (Å²) in [7, 11) is -8.38. The third kappa shape index (κ3) is 9.43. The molecule has 1 aliphatic heterocycles. The number of rotatable bonds is 8. The molecule has 0 saturated carbocycles. The van der Waals surface area contributed by atoms with Crippen LogP contribution in [0.2, 0.25) is 0 Å². The molecular formula is C31H27Br2N5O9S2. The fourth-order valence-electron chi connectivity index (χ4n) is 4.91. The van der Waals surface area contributed by atoms with Gasteiger partial charge < -0.3 is 18.2 Å². The van der Waals surface area contributed by atoms with Crippen molar-refractivity contribution in [3.05, 3.63) is 128 Å². The summed E-state index contributed by atoms with van der Waals surface area (Å²) in [5, 5.41) is 23.3. The van der Waals surface area contributed by atoms with Crippen LogP contribution in [0, 0.1) is 6.92 Å². The molecule has 1 aromatic heterocycles. The first kappa shape index (κ1) is 36.0. The molecule has 0 spiro atoms. The number of aromatic nitrogens is 3. The van der Waals surface area contributed by atoms with Crippen LogP contribution in [0.1, 0.15) is 51.2 Å². The normalized spacial score (nSPS) is 14.3. The number of phenolic OH excluding ortho intramolecular Hbond substituents is 1. The molecule has 0 bridgehead atoms. The highest BCUT2D eigenvalue weighted by atomic mass is 79.9.